The van der Waals surface area contributed by atoms with Gasteiger partial charge in [0.2, 0.25) is 0 Å². The van der Waals surface area contributed by atoms with Crippen LogP contribution in [0.1, 0.15) is 161 Å². The molecule has 0 aliphatic rings. The van der Waals surface area contributed by atoms with Crippen LogP contribution in [0.3, 0.4) is 0 Å². The van der Waals surface area contributed by atoms with E-state index in [4.69, 9.17) is 0 Å². The summed E-state index contributed by atoms with van der Waals surface area (Å²) in [5, 5.41) is 0. The lowest BCUT2D eigenvalue weighted by Gasteiger charge is -2.04. The van der Waals surface area contributed by atoms with Crippen molar-refractivity contribution in [3.8, 4) is 0 Å². The molecule has 0 bridgehead atoms. The van der Waals surface area contributed by atoms with Crippen LogP contribution in [0.25, 0.3) is 0 Å². The number of rotatable bonds is 24. The van der Waals surface area contributed by atoms with E-state index in [2.05, 4.69) is 12.7 Å². The summed E-state index contributed by atoms with van der Waals surface area (Å²) >= 11 is 0. The van der Waals surface area contributed by atoms with Gasteiger partial charge in [0.1, 0.15) is 0 Å². The van der Waals surface area contributed by atoms with Gasteiger partial charge in [0, 0.05) is 0 Å². The van der Waals surface area contributed by atoms with Gasteiger partial charge in [-0.05, 0) is 12.8 Å². The third kappa shape index (κ3) is 28.6. The predicted molar refractivity (Wildman–Crippen MR) is 124 cm³/mol. The first kappa shape index (κ1) is 30.6. The van der Waals surface area contributed by atoms with Gasteiger partial charge in [-0.3, -0.25) is 0 Å². The smallest absolute Gasteiger partial charge is 0.0739 e. The molecule has 0 rings (SSSR count). The van der Waals surface area contributed by atoms with Crippen LogP contribution in [-0.2, 0) is 0 Å². The van der Waals surface area contributed by atoms with Crippen LogP contribution >= 0.6 is 0 Å². The number of hydrogen-bond donors (Lipinski definition) is 1. The topological polar surface area (TPSA) is 27.6 Å². The number of hydrogen-bond acceptors (Lipinski definition) is 0. The van der Waals surface area contributed by atoms with Gasteiger partial charge in [-0.15, -0.1) is 0 Å². The largest absolute Gasteiger partial charge is 1.00 e. The van der Waals surface area contributed by atoms with Crippen molar-refractivity contribution in [1.29, 1.82) is 0 Å². The molecule has 2 heteroatoms. The maximum atomic E-state index is 3.91. The lowest BCUT2D eigenvalue weighted by atomic mass is 10.0. The Kier molecular flexibility index (Phi) is 32.4. The molecule has 0 radical (unpaired) electrons. The first-order valence-corrected chi connectivity index (χ1v) is 13.2. The van der Waals surface area contributed by atoms with Crippen molar-refractivity contribution in [2.24, 2.45) is 0 Å². The fourth-order valence-corrected chi connectivity index (χ4v) is 4.14. The van der Waals surface area contributed by atoms with Crippen LogP contribution in [0.15, 0.2) is 0 Å². The highest BCUT2D eigenvalue weighted by Crippen LogP contribution is 2.15. The molecular formula is C26H56BrN. The minimum atomic E-state index is 0. The van der Waals surface area contributed by atoms with E-state index in [-0.39, 0.29) is 17.0 Å². The Hall–Kier alpha value is 0.440. The minimum Gasteiger partial charge on any atom is -1.00 e. The number of quaternary nitrogens is 1. The molecule has 1 nitrogen and oxygen atoms in total. The Morgan fingerprint density at radius 3 is 0.679 bits per heavy atom. The SMILES string of the molecule is CCCCCCCCCCCCCCCCCCCCCCCCCC[NH3+].[Br-]. The van der Waals surface area contributed by atoms with Crippen LogP contribution < -0.4 is 22.7 Å². The maximum absolute atomic E-state index is 3.91. The summed E-state index contributed by atoms with van der Waals surface area (Å²) in [6.45, 7) is 3.43. The molecule has 0 aromatic rings. The summed E-state index contributed by atoms with van der Waals surface area (Å²) < 4.78 is 0. The molecule has 0 atom stereocenters. The maximum Gasteiger partial charge on any atom is 0.0739 e. The Balaban J connectivity index is 0. The van der Waals surface area contributed by atoms with E-state index in [1.165, 1.54) is 154 Å². The zero-order valence-electron chi connectivity index (χ0n) is 19.8. The van der Waals surface area contributed by atoms with Gasteiger partial charge >= 0.3 is 0 Å². The van der Waals surface area contributed by atoms with Gasteiger partial charge in [0.25, 0.3) is 0 Å². The first-order chi connectivity index (χ1) is 13.4. The van der Waals surface area contributed by atoms with Gasteiger partial charge in [-0.25, -0.2) is 0 Å². The molecule has 0 aromatic carbocycles. The third-order valence-electron chi connectivity index (χ3n) is 6.10. The molecule has 0 spiro atoms. The van der Waals surface area contributed by atoms with Crippen LogP contribution in [0.2, 0.25) is 0 Å². The minimum absolute atomic E-state index is 0. The quantitative estimate of drug-likeness (QED) is 0.181. The van der Waals surface area contributed by atoms with Crippen LogP contribution in [0, 0.1) is 0 Å². The summed E-state index contributed by atoms with van der Waals surface area (Å²) in [5.41, 5.74) is 3.91. The Labute approximate surface area is 190 Å². The van der Waals surface area contributed by atoms with Gasteiger partial charge in [-0.2, -0.15) is 0 Å². The Bertz CT molecular complexity index is 221. The molecule has 0 amide bonds. The molecule has 0 aliphatic carbocycles. The van der Waals surface area contributed by atoms with Gasteiger partial charge < -0.3 is 22.7 Å². The van der Waals surface area contributed by atoms with E-state index in [0.29, 0.717) is 0 Å². The monoisotopic (exact) mass is 461 g/mol. The normalized spacial score (nSPS) is 10.9. The van der Waals surface area contributed by atoms with Crippen molar-refractivity contribution < 1.29 is 22.7 Å². The highest BCUT2D eigenvalue weighted by Gasteiger charge is 1.96. The molecule has 3 N–H and O–H groups in total. The second kappa shape index (κ2) is 29.6. The summed E-state index contributed by atoms with van der Waals surface area (Å²) in [7, 11) is 0. The van der Waals surface area contributed by atoms with Crippen molar-refractivity contribution in [3.63, 3.8) is 0 Å². The highest BCUT2D eigenvalue weighted by molar-refractivity contribution is 4.51. The van der Waals surface area contributed by atoms with Crippen molar-refractivity contribution in [2.75, 3.05) is 6.54 Å². The van der Waals surface area contributed by atoms with E-state index in [1.54, 1.807) is 0 Å². The molecule has 0 aromatic heterocycles. The van der Waals surface area contributed by atoms with Crippen molar-refractivity contribution in [2.45, 2.75) is 161 Å². The summed E-state index contributed by atoms with van der Waals surface area (Å²) in [6.07, 6.45) is 35.2. The molecule has 0 heterocycles. The summed E-state index contributed by atoms with van der Waals surface area (Å²) in [5.74, 6) is 0. The van der Waals surface area contributed by atoms with E-state index >= 15 is 0 Å². The molecule has 0 aliphatic heterocycles. The molecule has 0 saturated heterocycles. The van der Waals surface area contributed by atoms with Crippen LogP contribution in [-0.4, -0.2) is 6.54 Å². The van der Waals surface area contributed by atoms with E-state index in [0.717, 1.165) is 6.54 Å². The highest BCUT2D eigenvalue weighted by atomic mass is 79.9. The average molecular weight is 463 g/mol. The van der Waals surface area contributed by atoms with E-state index < -0.39 is 0 Å². The Morgan fingerprint density at radius 2 is 0.500 bits per heavy atom. The lowest BCUT2D eigenvalue weighted by molar-refractivity contribution is -0.368. The van der Waals surface area contributed by atoms with Crippen LogP contribution in [0.4, 0.5) is 0 Å². The van der Waals surface area contributed by atoms with E-state index in [9.17, 15) is 0 Å². The molecule has 0 unspecified atom stereocenters. The lowest BCUT2D eigenvalue weighted by Crippen LogP contribution is -3.00. The predicted octanol–water partition coefficient (Wildman–Crippen LogP) is 5.61. The fourth-order valence-electron chi connectivity index (χ4n) is 4.14. The second-order valence-electron chi connectivity index (χ2n) is 8.99. The molecule has 172 valence electrons. The standard InChI is InChI=1S/C26H55N.BrH/c1-2-3-4-5-6-7-8-9-10-11-12-13-14-15-16-17-18-19-20-21-22-23-24-25-26-27;/h2-27H2,1H3;1H. The second-order valence-corrected chi connectivity index (χ2v) is 8.99. The molecular weight excluding hydrogens is 406 g/mol. The average Bonchev–Trinajstić information content (AvgIpc) is 2.68. The zero-order valence-corrected chi connectivity index (χ0v) is 21.3. The van der Waals surface area contributed by atoms with Crippen molar-refractivity contribution in [3.05, 3.63) is 0 Å². The van der Waals surface area contributed by atoms with Crippen molar-refractivity contribution in [1.82, 2.24) is 0 Å². The van der Waals surface area contributed by atoms with Crippen LogP contribution in [0.5, 0.6) is 0 Å². The van der Waals surface area contributed by atoms with Crippen molar-refractivity contribution >= 4 is 0 Å². The molecule has 0 saturated carbocycles. The van der Waals surface area contributed by atoms with Gasteiger partial charge in [0.15, 0.2) is 0 Å². The Morgan fingerprint density at radius 1 is 0.321 bits per heavy atom. The van der Waals surface area contributed by atoms with Gasteiger partial charge in [-0.1, -0.05) is 148 Å². The number of unbranched alkanes of at least 4 members (excludes halogenated alkanes) is 23. The third-order valence-corrected chi connectivity index (χ3v) is 6.10. The zero-order chi connectivity index (χ0) is 19.7. The molecule has 28 heavy (non-hydrogen) atoms. The fraction of sp³-hybridized carbons (Fsp3) is 1.00. The van der Waals surface area contributed by atoms with Gasteiger partial charge in [0.05, 0.1) is 6.54 Å². The summed E-state index contributed by atoms with van der Waals surface area (Å²) in [6, 6.07) is 0. The van der Waals surface area contributed by atoms with E-state index in [1.807, 2.05) is 0 Å². The first-order valence-electron chi connectivity index (χ1n) is 13.2. The number of halogens is 1. The molecule has 0 fully saturated rings. The summed E-state index contributed by atoms with van der Waals surface area (Å²) in [4.78, 5) is 0.